The standard InChI is InChI=1S/C13H19NOS/c1-10-3-4-11(2)13(9-10)14-12-5-7-16(15)8-6-12/h3-4,9,12,14H,5-8H2,1-2H3. The van der Waals surface area contributed by atoms with Gasteiger partial charge >= 0.3 is 0 Å². The molecule has 0 amide bonds. The molecule has 88 valence electrons. The summed E-state index contributed by atoms with van der Waals surface area (Å²) in [5.74, 6) is 1.70. The summed E-state index contributed by atoms with van der Waals surface area (Å²) in [5, 5.41) is 3.58. The highest BCUT2D eigenvalue weighted by Gasteiger charge is 2.17. The molecule has 0 spiro atoms. The lowest BCUT2D eigenvalue weighted by atomic mass is 10.1. The van der Waals surface area contributed by atoms with Gasteiger partial charge in [0.1, 0.15) is 0 Å². The van der Waals surface area contributed by atoms with Crippen LogP contribution < -0.4 is 5.32 Å². The molecule has 16 heavy (non-hydrogen) atoms. The quantitative estimate of drug-likeness (QED) is 0.856. The monoisotopic (exact) mass is 237 g/mol. The summed E-state index contributed by atoms with van der Waals surface area (Å²) < 4.78 is 11.3. The number of hydrogen-bond donors (Lipinski definition) is 1. The van der Waals surface area contributed by atoms with E-state index < -0.39 is 10.8 Å². The van der Waals surface area contributed by atoms with E-state index in [2.05, 4.69) is 37.4 Å². The zero-order valence-electron chi connectivity index (χ0n) is 9.95. The Morgan fingerprint density at radius 2 is 1.94 bits per heavy atom. The zero-order valence-corrected chi connectivity index (χ0v) is 10.8. The van der Waals surface area contributed by atoms with Gasteiger partial charge in [-0.2, -0.15) is 0 Å². The number of aryl methyl sites for hydroxylation is 2. The van der Waals surface area contributed by atoms with Crippen LogP contribution in [0.15, 0.2) is 18.2 Å². The van der Waals surface area contributed by atoms with Crippen LogP contribution in [-0.4, -0.2) is 21.8 Å². The predicted molar refractivity (Wildman–Crippen MR) is 70.4 cm³/mol. The predicted octanol–water partition coefficient (Wildman–Crippen LogP) is 2.63. The van der Waals surface area contributed by atoms with Crippen molar-refractivity contribution in [3.8, 4) is 0 Å². The van der Waals surface area contributed by atoms with Crippen molar-refractivity contribution in [2.24, 2.45) is 0 Å². The number of benzene rings is 1. The third-order valence-electron chi connectivity index (χ3n) is 3.14. The van der Waals surface area contributed by atoms with E-state index in [-0.39, 0.29) is 0 Å². The average Bonchev–Trinajstić information content (AvgIpc) is 2.27. The molecule has 1 heterocycles. The van der Waals surface area contributed by atoms with Crippen molar-refractivity contribution < 1.29 is 4.21 Å². The van der Waals surface area contributed by atoms with E-state index in [9.17, 15) is 4.21 Å². The summed E-state index contributed by atoms with van der Waals surface area (Å²) in [5.41, 5.74) is 3.81. The van der Waals surface area contributed by atoms with Crippen LogP contribution in [0.3, 0.4) is 0 Å². The molecule has 1 N–H and O–H groups in total. The Morgan fingerprint density at radius 3 is 2.62 bits per heavy atom. The average molecular weight is 237 g/mol. The third-order valence-corrected chi connectivity index (χ3v) is 4.52. The minimum atomic E-state index is -0.569. The van der Waals surface area contributed by atoms with Crippen LogP contribution in [0.25, 0.3) is 0 Å². The molecule has 0 unspecified atom stereocenters. The molecule has 2 rings (SSSR count). The second kappa shape index (κ2) is 5.00. The Kier molecular flexibility index (Phi) is 3.64. The lowest BCUT2D eigenvalue weighted by Gasteiger charge is -2.24. The summed E-state index contributed by atoms with van der Waals surface area (Å²) in [6, 6.07) is 6.98. The molecule has 2 nitrogen and oxygen atoms in total. The fraction of sp³-hybridized carbons (Fsp3) is 0.538. The summed E-state index contributed by atoms with van der Waals surface area (Å²) in [6.45, 7) is 4.24. The second-order valence-corrected chi connectivity index (χ2v) is 6.28. The van der Waals surface area contributed by atoms with E-state index in [1.54, 1.807) is 0 Å². The molecular formula is C13H19NOS. The summed E-state index contributed by atoms with van der Waals surface area (Å²) >= 11 is 0. The molecule has 1 fully saturated rings. The normalized spacial score (nSPS) is 25.4. The van der Waals surface area contributed by atoms with Gasteiger partial charge in [0, 0.05) is 34.0 Å². The van der Waals surface area contributed by atoms with Crippen LogP contribution in [-0.2, 0) is 10.8 Å². The Balaban J connectivity index is 2.03. The molecule has 0 atom stereocenters. The van der Waals surface area contributed by atoms with Gasteiger partial charge in [-0.3, -0.25) is 4.21 Å². The number of anilines is 1. The topological polar surface area (TPSA) is 29.1 Å². The van der Waals surface area contributed by atoms with Crippen LogP contribution in [0.5, 0.6) is 0 Å². The highest BCUT2D eigenvalue weighted by atomic mass is 32.2. The molecule has 1 aliphatic heterocycles. The number of nitrogens with one attached hydrogen (secondary N) is 1. The smallest absolute Gasteiger partial charge is 0.0374 e. The van der Waals surface area contributed by atoms with Crippen molar-refractivity contribution in [2.75, 3.05) is 16.8 Å². The van der Waals surface area contributed by atoms with Crippen molar-refractivity contribution in [2.45, 2.75) is 32.7 Å². The van der Waals surface area contributed by atoms with E-state index in [1.807, 2.05) is 0 Å². The van der Waals surface area contributed by atoms with Crippen molar-refractivity contribution in [3.05, 3.63) is 29.3 Å². The van der Waals surface area contributed by atoms with Crippen LogP contribution in [0.2, 0.25) is 0 Å². The van der Waals surface area contributed by atoms with Gasteiger partial charge < -0.3 is 5.32 Å². The van der Waals surface area contributed by atoms with E-state index in [0.29, 0.717) is 6.04 Å². The van der Waals surface area contributed by atoms with Crippen molar-refractivity contribution in [1.82, 2.24) is 0 Å². The van der Waals surface area contributed by atoms with E-state index in [4.69, 9.17) is 0 Å². The van der Waals surface area contributed by atoms with E-state index >= 15 is 0 Å². The molecular weight excluding hydrogens is 218 g/mol. The lowest BCUT2D eigenvalue weighted by Crippen LogP contribution is -2.29. The Bertz CT molecular complexity index is 393. The fourth-order valence-corrected chi connectivity index (χ4v) is 3.35. The van der Waals surface area contributed by atoms with Crippen LogP contribution in [0, 0.1) is 13.8 Å². The molecule has 1 aromatic rings. The maximum Gasteiger partial charge on any atom is 0.0374 e. The van der Waals surface area contributed by atoms with Gasteiger partial charge in [0.15, 0.2) is 0 Å². The van der Waals surface area contributed by atoms with Crippen molar-refractivity contribution >= 4 is 16.5 Å². The first-order valence-corrected chi connectivity index (χ1v) is 7.33. The molecule has 0 saturated carbocycles. The number of rotatable bonds is 2. The van der Waals surface area contributed by atoms with Gasteiger partial charge in [-0.1, -0.05) is 12.1 Å². The Hall–Kier alpha value is -0.830. The Labute approximate surface area is 99.9 Å². The van der Waals surface area contributed by atoms with Gasteiger partial charge in [-0.25, -0.2) is 0 Å². The second-order valence-electron chi connectivity index (χ2n) is 4.59. The summed E-state index contributed by atoms with van der Waals surface area (Å²) in [7, 11) is -0.569. The highest BCUT2D eigenvalue weighted by molar-refractivity contribution is 7.85. The molecule has 0 radical (unpaired) electrons. The van der Waals surface area contributed by atoms with Crippen LogP contribution >= 0.6 is 0 Å². The zero-order chi connectivity index (χ0) is 11.5. The molecule has 1 saturated heterocycles. The first kappa shape index (κ1) is 11.6. The minimum Gasteiger partial charge on any atom is -0.382 e. The Morgan fingerprint density at radius 1 is 1.25 bits per heavy atom. The van der Waals surface area contributed by atoms with Gasteiger partial charge in [0.25, 0.3) is 0 Å². The summed E-state index contributed by atoms with van der Waals surface area (Å²) in [4.78, 5) is 0. The van der Waals surface area contributed by atoms with Gasteiger partial charge in [0.05, 0.1) is 0 Å². The number of hydrogen-bond acceptors (Lipinski definition) is 2. The molecule has 0 aliphatic carbocycles. The molecule has 0 bridgehead atoms. The van der Waals surface area contributed by atoms with Gasteiger partial charge in [0.2, 0.25) is 0 Å². The minimum absolute atomic E-state index is 0.498. The lowest BCUT2D eigenvalue weighted by molar-refractivity contribution is 0.624. The van der Waals surface area contributed by atoms with Crippen LogP contribution in [0.1, 0.15) is 24.0 Å². The SMILES string of the molecule is Cc1ccc(C)c(NC2CCS(=O)CC2)c1. The molecule has 0 aromatic heterocycles. The first-order valence-electron chi connectivity index (χ1n) is 5.84. The summed E-state index contributed by atoms with van der Waals surface area (Å²) in [6.07, 6.45) is 2.06. The maximum atomic E-state index is 11.3. The van der Waals surface area contributed by atoms with E-state index in [1.165, 1.54) is 16.8 Å². The van der Waals surface area contributed by atoms with Crippen molar-refractivity contribution in [3.63, 3.8) is 0 Å². The first-order chi connectivity index (χ1) is 7.65. The van der Waals surface area contributed by atoms with Crippen LogP contribution in [0.4, 0.5) is 5.69 Å². The van der Waals surface area contributed by atoms with Crippen molar-refractivity contribution in [1.29, 1.82) is 0 Å². The molecule has 1 aromatic carbocycles. The highest BCUT2D eigenvalue weighted by Crippen LogP contribution is 2.20. The fourth-order valence-electron chi connectivity index (χ4n) is 2.05. The molecule has 3 heteroatoms. The molecule has 1 aliphatic rings. The largest absolute Gasteiger partial charge is 0.382 e. The van der Waals surface area contributed by atoms with E-state index in [0.717, 1.165) is 24.3 Å². The van der Waals surface area contributed by atoms with Gasteiger partial charge in [-0.15, -0.1) is 0 Å². The van der Waals surface area contributed by atoms with Gasteiger partial charge in [-0.05, 0) is 43.9 Å². The third kappa shape index (κ3) is 2.85. The maximum absolute atomic E-state index is 11.3.